The van der Waals surface area contributed by atoms with Crippen LogP contribution in [0.3, 0.4) is 0 Å². The molecule has 30 heavy (non-hydrogen) atoms. The van der Waals surface area contributed by atoms with Crippen molar-refractivity contribution in [3.63, 3.8) is 0 Å². The summed E-state index contributed by atoms with van der Waals surface area (Å²) in [6.45, 7) is 2.27. The van der Waals surface area contributed by atoms with Gasteiger partial charge in [0.15, 0.2) is 5.01 Å². The number of nitrogens with one attached hydrogen (secondary N) is 1. The third kappa shape index (κ3) is 6.26. The third-order valence-corrected chi connectivity index (χ3v) is 6.39. The van der Waals surface area contributed by atoms with Gasteiger partial charge in [-0.3, -0.25) is 9.59 Å². The Morgan fingerprint density at radius 1 is 1.13 bits per heavy atom. The second-order valence-corrected chi connectivity index (χ2v) is 8.71. The zero-order chi connectivity index (χ0) is 21.3. The third-order valence-electron chi connectivity index (χ3n) is 5.49. The first kappa shape index (κ1) is 22.2. The van der Waals surface area contributed by atoms with Crippen molar-refractivity contribution in [2.24, 2.45) is 11.8 Å². The number of unbranched alkanes of at least 4 members (excludes halogenated alkanes) is 1. The Hall–Kier alpha value is -2.48. The molecule has 1 aliphatic rings. The van der Waals surface area contributed by atoms with E-state index < -0.39 is 0 Å². The van der Waals surface area contributed by atoms with E-state index in [0.717, 1.165) is 42.9 Å². The second kappa shape index (κ2) is 11.1. The van der Waals surface area contributed by atoms with Gasteiger partial charge in [0.2, 0.25) is 5.01 Å². The highest BCUT2D eigenvalue weighted by Crippen LogP contribution is 2.32. The Labute approximate surface area is 181 Å². The molecule has 162 valence electrons. The van der Waals surface area contributed by atoms with Crippen molar-refractivity contribution < 1.29 is 19.1 Å². The number of rotatable bonds is 9. The van der Waals surface area contributed by atoms with Gasteiger partial charge in [-0.25, -0.2) is 0 Å². The molecule has 1 N–H and O–H groups in total. The molecule has 1 heterocycles. The van der Waals surface area contributed by atoms with Crippen LogP contribution in [0.4, 0.5) is 5.69 Å². The number of esters is 1. The molecule has 0 unspecified atom stereocenters. The smallest absolute Gasteiger partial charge is 0.309 e. The first-order valence-corrected chi connectivity index (χ1v) is 11.3. The number of aromatic nitrogens is 2. The van der Waals surface area contributed by atoms with Crippen LogP contribution in [0.15, 0.2) is 24.3 Å². The lowest BCUT2D eigenvalue weighted by Crippen LogP contribution is -2.23. The summed E-state index contributed by atoms with van der Waals surface area (Å²) in [5.41, 5.74) is 0.638. The van der Waals surface area contributed by atoms with Gasteiger partial charge in [0.25, 0.3) is 5.91 Å². The molecular weight excluding hydrogens is 402 g/mol. The van der Waals surface area contributed by atoms with Gasteiger partial charge in [0, 0.05) is 5.69 Å². The van der Waals surface area contributed by atoms with Crippen molar-refractivity contribution in [3.8, 4) is 5.75 Å². The SMILES string of the molecule is CCCCC1CCC(C(=O)OCc2nnc(C(=O)Nc3ccc(OC)cc3)s2)CC1. The number of carbonyl (C=O) groups excluding carboxylic acids is 2. The van der Waals surface area contributed by atoms with E-state index >= 15 is 0 Å². The maximum Gasteiger partial charge on any atom is 0.309 e. The molecule has 3 rings (SSSR count). The van der Waals surface area contributed by atoms with Gasteiger partial charge in [0.1, 0.15) is 12.4 Å². The topological polar surface area (TPSA) is 90.4 Å². The summed E-state index contributed by atoms with van der Waals surface area (Å²) in [5.74, 6) is 0.934. The number of ether oxygens (including phenoxy) is 2. The van der Waals surface area contributed by atoms with E-state index in [1.54, 1.807) is 31.4 Å². The van der Waals surface area contributed by atoms with Gasteiger partial charge in [-0.2, -0.15) is 0 Å². The highest BCUT2D eigenvalue weighted by atomic mass is 32.1. The van der Waals surface area contributed by atoms with Crippen LogP contribution in [0.1, 0.15) is 66.7 Å². The maximum atomic E-state index is 12.4. The molecule has 0 bridgehead atoms. The molecule has 2 aromatic rings. The molecular formula is C22H29N3O4S. The van der Waals surface area contributed by atoms with Crippen LogP contribution >= 0.6 is 11.3 Å². The van der Waals surface area contributed by atoms with Crippen molar-refractivity contribution >= 4 is 28.9 Å². The normalized spacial score (nSPS) is 18.6. The molecule has 1 aliphatic carbocycles. The second-order valence-electron chi connectivity index (χ2n) is 7.65. The Balaban J connectivity index is 1.43. The fourth-order valence-electron chi connectivity index (χ4n) is 3.69. The minimum atomic E-state index is -0.347. The fourth-order valence-corrected chi connectivity index (χ4v) is 4.34. The van der Waals surface area contributed by atoms with E-state index in [1.807, 2.05) is 0 Å². The predicted octanol–water partition coefficient (Wildman–Crippen LogP) is 4.84. The largest absolute Gasteiger partial charge is 0.497 e. The first-order valence-electron chi connectivity index (χ1n) is 10.5. The standard InChI is InChI=1S/C22H29N3O4S/c1-3-4-5-15-6-8-16(9-7-15)22(27)29-14-19-24-25-21(30-19)20(26)23-17-10-12-18(28-2)13-11-17/h10-13,15-16H,3-9,14H2,1-2H3,(H,23,26). The van der Waals surface area contributed by atoms with E-state index in [9.17, 15) is 9.59 Å². The number of benzene rings is 1. The van der Waals surface area contributed by atoms with E-state index in [2.05, 4.69) is 22.4 Å². The van der Waals surface area contributed by atoms with Gasteiger partial charge in [0.05, 0.1) is 13.0 Å². The molecule has 1 aromatic heterocycles. The summed E-state index contributed by atoms with van der Waals surface area (Å²) in [7, 11) is 1.59. The molecule has 1 aromatic carbocycles. The van der Waals surface area contributed by atoms with Crippen molar-refractivity contribution in [1.82, 2.24) is 10.2 Å². The van der Waals surface area contributed by atoms with Gasteiger partial charge in [-0.15, -0.1) is 10.2 Å². The molecule has 0 radical (unpaired) electrons. The molecule has 0 aliphatic heterocycles. The van der Waals surface area contributed by atoms with Gasteiger partial charge in [-0.05, 0) is 55.9 Å². The van der Waals surface area contributed by atoms with Crippen LogP contribution in [0.25, 0.3) is 0 Å². The summed E-state index contributed by atoms with van der Waals surface area (Å²) in [4.78, 5) is 24.7. The van der Waals surface area contributed by atoms with Crippen molar-refractivity contribution in [1.29, 1.82) is 0 Å². The fraction of sp³-hybridized carbons (Fsp3) is 0.545. The highest BCUT2D eigenvalue weighted by molar-refractivity contribution is 7.13. The Bertz CT molecular complexity index is 829. The molecule has 1 saturated carbocycles. The van der Waals surface area contributed by atoms with E-state index in [4.69, 9.17) is 9.47 Å². The lowest BCUT2D eigenvalue weighted by molar-refractivity contribution is -0.151. The monoisotopic (exact) mass is 431 g/mol. The average molecular weight is 432 g/mol. The molecule has 8 heteroatoms. The number of carbonyl (C=O) groups is 2. The van der Waals surface area contributed by atoms with E-state index in [-0.39, 0.29) is 29.4 Å². The first-order chi connectivity index (χ1) is 14.6. The Morgan fingerprint density at radius 2 is 1.87 bits per heavy atom. The number of nitrogens with zero attached hydrogens (tertiary/aromatic N) is 2. The van der Waals surface area contributed by atoms with Crippen molar-refractivity contribution in [3.05, 3.63) is 34.3 Å². The van der Waals surface area contributed by atoms with Gasteiger partial charge < -0.3 is 14.8 Å². The van der Waals surface area contributed by atoms with Gasteiger partial charge in [-0.1, -0.05) is 37.5 Å². The molecule has 0 saturated heterocycles. The summed E-state index contributed by atoms with van der Waals surface area (Å²) in [6, 6.07) is 7.02. The van der Waals surface area contributed by atoms with Gasteiger partial charge >= 0.3 is 5.97 Å². The summed E-state index contributed by atoms with van der Waals surface area (Å²) in [6.07, 6.45) is 7.78. The molecule has 1 amide bonds. The quantitative estimate of drug-likeness (QED) is 0.572. The van der Waals surface area contributed by atoms with Crippen molar-refractivity contribution in [2.45, 2.75) is 58.5 Å². The number of anilines is 1. The minimum absolute atomic E-state index is 0.0198. The summed E-state index contributed by atoms with van der Waals surface area (Å²) in [5, 5.41) is 11.4. The van der Waals surface area contributed by atoms with Crippen LogP contribution in [-0.4, -0.2) is 29.2 Å². The lowest BCUT2D eigenvalue weighted by atomic mass is 9.80. The number of amides is 1. The zero-order valence-electron chi connectivity index (χ0n) is 17.6. The zero-order valence-corrected chi connectivity index (χ0v) is 18.4. The number of hydrogen-bond donors (Lipinski definition) is 1. The Morgan fingerprint density at radius 3 is 2.53 bits per heavy atom. The summed E-state index contributed by atoms with van der Waals surface area (Å²) < 4.78 is 10.5. The molecule has 7 nitrogen and oxygen atoms in total. The van der Waals surface area contributed by atoms with Crippen LogP contribution in [0, 0.1) is 11.8 Å². The van der Waals surface area contributed by atoms with Crippen LogP contribution in [0.5, 0.6) is 5.75 Å². The number of hydrogen-bond acceptors (Lipinski definition) is 7. The lowest BCUT2D eigenvalue weighted by Gasteiger charge is -2.27. The Kier molecular flexibility index (Phi) is 8.19. The van der Waals surface area contributed by atoms with Crippen molar-refractivity contribution in [2.75, 3.05) is 12.4 Å². The van der Waals surface area contributed by atoms with Crippen LogP contribution < -0.4 is 10.1 Å². The van der Waals surface area contributed by atoms with E-state index in [0.29, 0.717) is 16.4 Å². The van der Waals surface area contributed by atoms with E-state index in [1.165, 1.54) is 19.3 Å². The number of methoxy groups -OCH3 is 1. The maximum absolute atomic E-state index is 12.4. The average Bonchev–Trinajstić information content (AvgIpc) is 3.26. The summed E-state index contributed by atoms with van der Waals surface area (Å²) >= 11 is 1.13. The molecule has 0 atom stereocenters. The minimum Gasteiger partial charge on any atom is -0.497 e. The predicted molar refractivity (Wildman–Crippen MR) is 116 cm³/mol. The highest BCUT2D eigenvalue weighted by Gasteiger charge is 2.27. The van der Waals surface area contributed by atoms with Crippen LogP contribution in [0.2, 0.25) is 0 Å². The molecule has 0 spiro atoms. The molecule has 1 fully saturated rings. The van der Waals surface area contributed by atoms with Crippen LogP contribution in [-0.2, 0) is 16.1 Å².